The summed E-state index contributed by atoms with van der Waals surface area (Å²) in [5, 5.41) is 8.50. The summed E-state index contributed by atoms with van der Waals surface area (Å²) in [5.41, 5.74) is 9.87. The van der Waals surface area contributed by atoms with E-state index >= 15 is 0 Å². The monoisotopic (exact) mass is 198 g/mol. The fraction of sp³-hybridized carbons (Fsp3) is 0.286. The van der Waals surface area contributed by atoms with Crippen LogP contribution in [0.4, 0.5) is 5.82 Å². The molecule has 1 heterocycles. The van der Waals surface area contributed by atoms with Crippen LogP contribution in [0.5, 0.6) is 0 Å². The highest BCUT2D eigenvalue weighted by molar-refractivity contribution is 5.72. The third kappa shape index (κ3) is 2.30. The Bertz CT molecular complexity index is 400. The maximum Gasteiger partial charge on any atom is 0.349 e. The van der Waals surface area contributed by atoms with Crippen LogP contribution in [0.15, 0.2) is 17.1 Å². The summed E-state index contributed by atoms with van der Waals surface area (Å²) in [6.07, 6.45) is 1.35. The van der Waals surface area contributed by atoms with Crippen molar-refractivity contribution in [3.63, 3.8) is 0 Å². The van der Waals surface area contributed by atoms with E-state index in [1.165, 1.54) is 12.3 Å². The van der Waals surface area contributed by atoms with Gasteiger partial charge in [-0.05, 0) is 6.07 Å². The van der Waals surface area contributed by atoms with Gasteiger partial charge in [0.05, 0.1) is 6.54 Å². The molecule has 7 nitrogen and oxygen atoms in total. The van der Waals surface area contributed by atoms with E-state index in [1.54, 1.807) is 0 Å². The van der Waals surface area contributed by atoms with Crippen molar-refractivity contribution >= 4 is 11.8 Å². The molecule has 76 valence electrons. The highest BCUT2D eigenvalue weighted by atomic mass is 16.4. The number of nitrogens with zero attached hydrogens (tertiary/aromatic N) is 2. The first kappa shape index (κ1) is 10.2. The lowest BCUT2D eigenvalue weighted by Crippen LogP contribution is -2.38. The third-order valence-electron chi connectivity index (χ3n) is 1.61. The molecule has 5 N–H and O–H groups in total. The Morgan fingerprint density at radius 1 is 1.71 bits per heavy atom. The van der Waals surface area contributed by atoms with Crippen LogP contribution in [0, 0.1) is 0 Å². The molecule has 0 bridgehead atoms. The molecule has 1 atom stereocenters. The molecule has 1 aromatic heterocycles. The van der Waals surface area contributed by atoms with Crippen molar-refractivity contribution in [1.29, 1.82) is 0 Å². The van der Waals surface area contributed by atoms with E-state index in [4.69, 9.17) is 16.6 Å². The molecule has 1 rings (SSSR count). The highest BCUT2D eigenvalue weighted by Gasteiger charge is 2.12. The SMILES string of the molecule is Nc1ccn(C[C@H](N)C(=O)O)c(=O)n1. The minimum Gasteiger partial charge on any atom is -0.480 e. The number of carboxylic acids is 1. The topological polar surface area (TPSA) is 124 Å². The Labute approximate surface area is 79.0 Å². The number of anilines is 1. The molecule has 0 aromatic carbocycles. The molecule has 0 aliphatic rings. The normalized spacial score (nSPS) is 12.4. The first-order valence-electron chi connectivity index (χ1n) is 3.82. The molecular weight excluding hydrogens is 188 g/mol. The number of nitrogen functional groups attached to an aromatic ring is 1. The standard InChI is InChI=1S/C7H10N4O3/c8-4(6(12)13)3-11-2-1-5(9)10-7(11)14/h1-2,4H,3,8H2,(H,12,13)(H2,9,10,14)/t4-/m0/s1. The smallest absolute Gasteiger partial charge is 0.349 e. The zero-order valence-electron chi connectivity index (χ0n) is 7.25. The maximum atomic E-state index is 11.1. The molecule has 0 saturated heterocycles. The molecule has 0 aliphatic heterocycles. The highest BCUT2D eigenvalue weighted by Crippen LogP contribution is 1.91. The van der Waals surface area contributed by atoms with Crippen molar-refractivity contribution in [2.45, 2.75) is 12.6 Å². The fourth-order valence-electron chi connectivity index (χ4n) is 0.871. The van der Waals surface area contributed by atoms with E-state index in [0.29, 0.717) is 0 Å². The molecular formula is C7H10N4O3. The molecule has 0 saturated carbocycles. The van der Waals surface area contributed by atoms with Gasteiger partial charge >= 0.3 is 11.7 Å². The zero-order chi connectivity index (χ0) is 10.7. The molecule has 0 aliphatic carbocycles. The first-order valence-corrected chi connectivity index (χ1v) is 3.82. The van der Waals surface area contributed by atoms with Crippen molar-refractivity contribution < 1.29 is 9.90 Å². The van der Waals surface area contributed by atoms with Gasteiger partial charge in [0.2, 0.25) is 0 Å². The summed E-state index contributed by atoms with van der Waals surface area (Å²) in [5.74, 6) is -1.08. The van der Waals surface area contributed by atoms with Crippen molar-refractivity contribution in [3.05, 3.63) is 22.7 Å². The van der Waals surface area contributed by atoms with E-state index in [2.05, 4.69) is 4.98 Å². The summed E-state index contributed by atoms with van der Waals surface area (Å²) in [7, 11) is 0. The Balaban J connectivity index is 2.88. The second kappa shape index (κ2) is 3.88. The number of aliphatic carboxylic acids is 1. The second-order valence-corrected chi connectivity index (χ2v) is 2.73. The van der Waals surface area contributed by atoms with Crippen molar-refractivity contribution in [1.82, 2.24) is 9.55 Å². The lowest BCUT2D eigenvalue weighted by molar-refractivity contribution is -0.138. The average molecular weight is 198 g/mol. The molecule has 0 fully saturated rings. The number of carboxylic acid groups (broad SMARTS) is 1. The van der Waals surface area contributed by atoms with Crippen molar-refractivity contribution in [2.24, 2.45) is 5.73 Å². The number of aromatic nitrogens is 2. The Morgan fingerprint density at radius 3 is 2.86 bits per heavy atom. The van der Waals surface area contributed by atoms with Gasteiger partial charge in [-0.2, -0.15) is 4.98 Å². The van der Waals surface area contributed by atoms with E-state index in [0.717, 1.165) is 4.57 Å². The average Bonchev–Trinajstić information content (AvgIpc) is 2.09. The lowest BCUT2D eigenvalue weighted by Gasteiger charge is -2.08. The maximum absolute atomic E-state index is 11.1. The predicted octanol–water partition coefficient (Wildman–Crippen LogP) is -1.76. The Morgan fingerprint density at radius 2 is 2.36 bits per heavy atom. The molecule has 14 heavy (non-hydrogen) atoms. The number of nitrogens with two attached hydrogens (primary N) is 2. The Kier molecular flexibility index (Phi) is 2.82. The lowest BCUT2D eigenvalue weighted by atomic mass is 10.3. The van der Waals surface area contributed by atoms with Gasteiger partial charge in [-0.15, -0.1) is 0 Å². The van der Waals surface area contributed by atoms with Crippen molar-refractivity contribution in [3.8, 4) is 0 Å². The predicted molar refractivity (Wildman–Crippen MR) is 48.5 cm³/mol. The van der Waals surface area contributed by atoms with Gasteiger partial charge in [-0.1, -0.05) is 0 Å². The van der Waals surface area contributed by atoms with Crippen LogP contribution in [-0.4, -0.2) is 26.7 Å². The summed E-state index contributed by atoms with van der Waals surface area (Å²) < 4.78 is 1.09. The zero-order valence-corrected chi connectivity index (χ0v) is 7.25. The molecule has 0 radical (unpaired) electrons. The number of hydrogen-bond donors (Lipinski definition) is 3. The summed E-state index contributed by atoms with van der Waals surface area (Å²) in [6.45, 7) is -0.124. The van der Waals surface area contributed by atoms with Gasteiger partial charge in [-0.3, -0.25) is 9.36 Å². The van der Waals surface area contributed by atoms with Crippen molar-refractivity contribution in [2.75, 3.05) is 5.73 Å². The third-order valence-corrected chi connectivity index (χ3v) is 1.61. The van der Waals surface area contributed by atoms with Crippen LogP contribution in [-0.2, 0) is 11.3 Å². The van der Waals surface area contributed by atoms with Gasteiger partial charge in [0, 0.05) is 6.20 Å². The van der Waals surface area contributed by atoms with Crippen LogP contribution in [0.25, 0.3) is 0 Å². The van der Waals surface area contributed by atoms with E-state index in [9.17, 15) is 9.59 Å². The van der Waals surface area contributed by atoms with Crippen LogP contribution < -0.4 is 17.2 Å². The van der Waals surface area contributed by atoms with Crippen LogP contribution in [0.3, 0.4) is 0 Å². The van der Waals surface area contributed by atoms with Crippen LogP contribution >= 0.6 is 0 Å². The number of carbonyl (C=O) groups is 1. The van der Waals surface area contributed by atoms with E-state index in [1.807, 2.05) is 0 Å². The number of rotatable bonds is 3. The molecule has 7 heteroatoms. The van der Waals surface area contributed by atoms with Gasteiger partial charge in [0.15, 0.2) is 0 Å². The van der Waals surface area contributed by atoms with Gasteiger partial charge in [0.1, 0.15) is 11.9 Å². The van der Waals surface area contributed by atoms with Crippen LogP contribution in [0.2, 0.25) is 0 Å². The van der Waals surface area contributed by atoms with Gasteiger partial charge in [0.25, 0.3) is 0 Å². The molecule has 0 unspecified atom stereocenters. The van der Waals surface area contributed by atoms with E-state index in [-0.39, 0.29) is 12.4 Å². The number of hydrogen-bond acceptors (Lipinski definition) is 5. The minimum absolute atomic E-state index is 0.0927. The van der Waals surface area contributed by atoms with E-state index < -0.39 is 17.7 Å². The first-order chi connectivity index (χ1) is 6.50. The van der Waals surface area contributed by atoms with Crippen LogP contribution in [0.1, 0.15) is 0 Å². The summed E-state index contributed by atoms with van der Waals surface area (Å²) in [6, 6.07) is 0.272. The molecule has 0 amide bonds. The molecule has 0 spiro atoms. The summed E-state index contributed by atoms with van der Waals surface area (Å²) in [4.78, 5) is 24.9. The molecule has 1 aromatic rings. The summed E-state index contributed by atoms with van der Waals surface area (Å²) >= 11 is 0. The second-order valence-electron chi connectivity index (χ2n) is 2.73. The fourth-order valence-corrected chi connectivity index (χ4v) is 0.871. The largest absolute Gasteiger partial charge is 0.480 e. The quantitative estimate of drug-likeness (QED) is 0.528. The van der Waals surface area contributed by atoms with Gasteiger partial charge in [-0.25, -0.2) is 4.79 Å². The minimum atomic E-state index is -1.17. The Hall–Kier alpha value is -1.89. The van der Waals surface area contributed by atoms with Gasteiger partial charge < -0.3 is 16.6 Å².